The fourth-order valence-electron chi connectivity index (χ4n) is 5.02. The summed E-state index contributed by atoms with van der Waals surface area (Å²) in [5.74, 6) is 0.364. The molecule has 1 aromatic carbocycles. The molecule has 32 heavy (non-hydrogen) atoms. The van der Waals surface area contributed by atoms with Gasteiger partial charge in [0, 0.05) is 51.1 Å². The average molecular weight is 451 g/mol. The summed E-state index contributed by atoms with van der Waals surface area (Å²) in [7, 11) is 0. The van der Waals surface area contributed by atoms with E-state index in [1.165, 1.54) is 4.90 Å². The molecule has 0 bridgehead atoms. The first-order valence-corrected chi connectivity index (χ1v) is 11.6. The van der Waals surface area contributed by atoms with Gasteiger partial charge in [0.05, 0.1) is 27.6 Å². The fraction of sp³-hybridized carbons (Fsp3) is 0.417. The Bertz CT molecular complexity index is 1310. The second-order valence-corrected chi connectivity index (χ2v) is 10.6. The highest BCUT2D eigenvalue weighted by Crippen LogP contribution is 2.37. The van der Waals surface area contributed by atoms with Crippen molar-refractivity contribution in [1.82, 2.24) is 30.7 Å². The van der Waals surface area contributed by atoms with Crippen LogP contribution in [0.15, 0.2) is 42.2 Å². The fourth-order valence-corrected chi connectivity index (χ4v) is 5.86. The van der Waals surface area contributed by atoms with Gasteiger partial charge in [-0.1, -0.05) is 12.1 Å². The van der Waals surface area contributed by atoms with Gasteiger partial charge in [-0.2, -0.15) is 5.10 Å². The van der Waals surface area contributed by atoms with Crippen LogP contribution >= 0.6 is 11.3 Å². The lowest BCUT2D eigenvalue weighted by Crippen LogP contribution is -2.62. The lowest BCUT2D eigenvalue weighted by atomic mass is 9.79. The van der Waals surface area contributed by atoms with Crippen LogP contribution in [0.5, 0.6) is 0 Å². The van der Waals surface area contributed by atoms with Crippen molar-refractivity contribution in [3.8, 4) is 22.4 Å². The van der Waals surface area contributed by atoms with E-state index in [4.69, 9.17) is 4.11 Å². The van der Waals surface area contributed by atoms with E-state index in [0.717, 1.165) is 26.9 Å². The summed E-state index contributed by atoms with van der Waals surface area (Å²) in [6, 6.07) is 7.44. The SMILES string of the molecule is [2H]C([2H])([2H])N(c1ccc(-c2ccc(-c3cn[nH]c3)c3ncsc23)nn1)C1CC(C)(C)NC(C)(C)C1. The quantitative estimate of drug-likeness (QED) is 0.461. The van der Waals surface area contributed by atoms with Crippen molar-refractivity contribution < 1.29 is 4.11 Å². The molecule has 0 saturated carbocycles. The molecule has 0 radical (unpaired) electrons. The van der Waals surface area contributed by atoms with Crippen molar-refractivity contribution >= 4 is 27.4 Å². The number of piperidine rings is 1. The summed E-state index contributed by atoms with van der Waals surface area (Å²) < 4.78 is 25.8. The van der Waals surface area contributed by atoms with Gasteiger partial charge >= 0.3 is 0 Å². The third-order valence-corrected chi connectivity index (χ3v) is 6.86. The molecule has 0 atom stereocenters. The monoisotopic (exact) mass is 450 g/mol. The van der Waals surface area contributed by atoms with E-state index < -0.39 is 6.98 Å². The molecule has 4 aromatic rings. The summed E-state index contributed by atoms with van der Waals surface area (Å²) in [5.41, 5.74) is 5.86. The number of fused-ring (bicyclic) bond motifs is 1. The number of hydrogen-bond donors (Lipinski definition) is 2. The van der Waals surface area contributed by atoms with E-state index in [2.05, 4.69) is 58.4 Å². The van der Waals surface area contributed by atoms with Gasteiger partial charge in [-0.05, 0) is 52.7 Å². The molecule has 1 aliphatic rings. The molecule has 1 aliphatic heterocycles. The number of nitrogens with zero attached hydrogens (tertiary/aromatic N) is 5. The van der Waals surface area contributed by atoms with Crippen molar-refractivity contribution in [1.29, 1.82) is 0 Å². The summed E-state index contributed by atoms with van der Waals surface area (Å²) >= 11 is 1.54. The molecule has 5 rings (SSSR count). The number of hydrogen-bond acceptors (Lipinski definition) is 7. The van der Waals surface area contributed by atoms with Crippen LogP contribution in [-0.2, 0) is 0 Å². The van der Waals surface area contributed by atoms with Crippen LogP contribution in [0.25, 0.3) is 32.6 Å². The summed E-state index contributed by atoms with van der Waals surface area (Å²) in [6.07, 6.45) is 4.99. The van der Waals surface area contributed by atoms with Crippen molar-refractivity contribution in [3.05, 3.63) is 42.2 Å². The second kappa shape index (κ2) is 7.64. The number of aromatic nitrogens is 5. The summed E-state index contributed by atoms with van der Waals surface area (Å²) in [5, 5.41) is 19.4. The first kappa shape index (κ1) is 17.7. The zero-order valence-electron chi connectivity index (χ0n) is 21.7. The van der Waals surface area contributed by atoms with Crippen molar-refractivity contribution in [2.45, 2.75) is 57.7 Å². The highest BCUT2D eigenvalue weighted by molar-refractivity contribution is 7.17. The molecule has 2 N–H and O–H groups in total. The lowest BCUT2D eigenvalue weighted by molar-refractivity contribution is 0.160. The number of rotatable bonds is 4. The predicted molar refractivity (Wildman–Crippen MR) is 131 cm³/mol. The molecule has 0 unspecified atom stereocenters. The number of nitrogens with one attached hydrogen (secondary N) is 2. The Kier molecular flexibility index (Phi) is 4.22. The Labute approximate surface area is 196 Å². The number of thiazole rings is 1. The van der Waals surface area contributed by atoms with Gasteiger partial charge in [-0.25, -0.2) is 4.98 Å². The molecular weight excluding hydrogens is 418 g/mol. The van der Waals surface area contributed by atoms with Gasteiger partial charge in [0.1, 0.15) is 0 Å². The largest absolute Gasteiger partial charge is 0.355 e. The van der Waals surface area contributed by atoms with Crippen LogP contribution in [0, 0.1) is 0 Å². The molecule has 8 heteroatoms. The van der Waals surface area contributed by atoms with Crippen LogP contribution in [0.3, 0.4) is 0 Å². The normalized spacial score (nSPS) is 19.9. The van der Waals surface area contributed by atoms with Crippen LogP contribution in [0.2, 0.25) is 0 Å². The van der Waals surface area contributed by atoms with E-state index in [0.29, 0.717) is 24.4 Å². The minimum Gasteiger partial charge on any atom is -0.355 e. The maximum Gasteiger partial charge on any atom is 0.151 e. The van der Waals surface area contributed by atoms with Gasteiger partial charge in [-0.3, -0.25) is 5.10 Å². The molecule has 166 valence electrons. The maximum absolute atomic E-state index is 8.28. The van der Waals surface area contributed by atoms with Gasteiger partial charge in [-0.15, -0.1) is 21.5 Å². The topological polar surface area (TPSA) is 82.6 Å². The Morgan fingerprint density at radius 1 is 1.06 bits per heavy atom. The molecule has 1 fully saturated rings. The van der Waals surface area contributed by atoms with Crippen LogP contribution in [-0.4, -0.2) is 49.5 Å². The molecule has 7 nitrogen and oxygen atoms in total. The minimum atomic E-state index is -2.33. The van der Waals surface area contributed by atoms with E-state index in [-0.39, 0.29) is 17.1 Å². The Balaban J connectivity index is 1.51. The van der Waals surface area contributed by atoms with Crippen molar-refractivity contribution in [2.24, 2.45) is 0 Å². The number of H-pyrrole nitrogens is 1. The third kappa shape index (κ3) is 3.89. The molecular formula is C24H29N7S. The molecule has 4 heterocycles. The van der Waals surface area contributed by atoms with E-state index in [1.54, 1.807) is 23.6 Å². The van der Waals surface area contributed by atoms with Crippen LogP contribution in [0.1, 0.15) is 44.6 Å². The van der Waals surface area contributed by atoms with E-state index in [9.17, 15) is 0 Å². The zero-order chi connectivity index (χ0) is 25.0. The Morgan fingerprint density at radius 3 is 2.50 bits per heavy atom. The number of anilines is 1. The number of benzene rings is 1. The molecule has 1 saturated heterocycles. The first-order valence-electron chi connectivity index (χ1n) is 12.2. The highest BCUT2D eigenvalue weighted by atomic mass is 32.1. The predicted octanol–water partition coefficient (Wildman–Crippen LogP) is 4.89. The van der Waals surface area contributed by atoms with E-state index >= 15 is 0 Å². The summed E-state index contributed by atoms with van der Waals surface area (Å²) in [4.78, 5) is 6.04. The standard InChI is InChI=1S/C24H29N7S/c1-23(2)10-16(11-24(3,4)30-23)31(5)20-9-8-19(28-29-20)18-7-6-17(15-12-26-27-13-15)21-22(18)32-14-25-21/h6-9,12-14,16,30H,10-11H2,1-5H3,(H,26,27)/i5D3. The van der Waals surface area contributed by atoms with Gasteiger partial charge in [0.15, 0.2) is 5.82 Å². The number of aromatic amines is 1. The van der Waals surface area contributed by atoms with Gasteiger partial charge in [0.25, 0.3) is 0 Å². The second-order valence-electron chi connectivity index (χ2n) is 9.78. The van der Waals surface area contributed by atoms with Gasteiger partial charge < -0.3 is 10.2 Å². The Morgan fingerprint density at radius 2 is 1.84 bits per heavy atom. The Hall–Kier alpha value is -2.84. The molecule has 0 aliphatic carbocycles. The van der Waals surface area contributed by atoms with Crippen LogP contribution in [0.4, 0.5) is 5.82 Å². The van der Waals surface area contributed by atoms with Gasteiger partial charge in [0.2, 0.25) is 0 Å². The summed E-state index contributed by atoms with van der Waals surface area (Å²) in [6.45, 7) is 6.12. The van der Waals surface area contributed by atoms with Crippen molar-refractivity contribution in [3.63, 3.8) is 0 Å². The zero-order valence-corrected chi connectivity index (χ0v) is 19.5. The molecule has 3 aromatic heterocycles. The smallest absolute Gasteiger partial charge is 0.151 e. The highest BCUT2D eigenvalue weighted by Gasteiger charge is 2.39. The lowest BCUT2D eigenvalue weighted by Gasteiger charge is -2.49. The molecule has 0 amide bonds. The average Bonchev–Trinajstić information content (AvgIpc) is 3.43. The van der Waals surface area contributed by atoms with E-state index in [1.807, 2.05) is 29.9 Å². The van der Waals surface area contributed by atoms with Crippen molar-refractivity contribution in [2.75, 3.05) is 11.9 Å². The maximum atomic E-state index is 8.28. The third-order valence-electron chi connectivity index (χ3n) is 6.00. The van der Waals surface area contributed by atoms with Crippen LogP contribution < -0.4 is 10.2 Å². The first-order chi connectivity index (χ1) is 16.4. The minimum absolute atomic E-state index is 0.197. The molecule has 0 spiro atoms.